The number of halogens is 1. The molecule has 0 radical (unpaired) electrons. The molecule has 1 unspecified atom stereocenters. The zero-order chi connectivity index (χ0) is 7.54. The van der Waals surface area contributed by atoms with Crippen molar-refractivity contribution in [2.75, 3.05) is 6.61 Å². The van der Waals surface area contributed by atoms with Gasteiger partial charge in [-0.05, 0) is 0 Å². The van der Waals surface area contributed by atoms with Crippen molar-refractivity contribution < 1.29 is 4.52 Å². The maximum atomic E-state index is 7.92. The van der Waals surface area contributed by atoms with E-state index in [0.29, 0.717) is 13.0 Å². The van der Waals surface area contributed by atoms with Crippen LogP contribution in [0, 0.1) is 11.3 Å². The molecule has 0 aliphatic rings. The van der Waals surface area contributed by atoms with Gasteiger partial charge in [0.1, 0.15) is 8.16 Å². The third-order valence-electron chi connectivity index (χ3n) is 0.370. The summed E-state index contributed by atoms with van der Waals surface area (Å²) in [4.78, 5) is 0. The van der Waals surface area contributed by atoms with Crippen LogP contribution in [0.15, 0.2) is 0 Å². The van der Waals surface area contributed by atoms with Crippen molar-refractivity contribution >= 4 is 19.4 Å². The zero-order valence-corrected chi connectivity index (χ0v) is 7.40. The highest BCUT2D eigenvalue weighted by Crippen LogP contribution is 2.16. The molecule has 0 spiro atoms. The van der Waals surface area contributed by atoms with Gasteiger partial charge in [0.2, 0.25) is 0 Å². The zero-order valence-electron chi connectivity index (χ0n) is 5.65. The Balaban J connectivity index is 0. The summed E-state index contributed by atoms with van der Waals surface area (Å²) in [6.07, 6.45) is 0.430. The summed E-state index contributed by atoms with van der Waals surface area (Å²) in [5, 5.41) is 7.92. The summed E-state index contributed by atoms with van der Waals surface area (Å²) in [6.45, 7) is 4.46. The Hall–Kier alpha value is 0.170. The third kappa shape index (κ3) is 17.9. The predicted octanol–water partition coefficient (Wildman–Crippen LogP) is 2.69. The highest BCUT2D eigenvalue weighted by atomic mass is 35.7. The van der Waals surface area contributed by atoms with Crippen molar-refractivity contribution in [2.45, 2.75) is 20.3 Å². The van der Waals surface area contributed by atoms with E-state index in [4.69, 9.17) is 16.5 Å². The molecule has 0 aromatic heterocycles. The molecule has 0 amide bonds. The number of nitrogens with zero attached hydrogens (tertiary/aromatic N) is 1. The molecule has 0 bridgehead atoms. The lowest BCUT2D eigenvalue weighted by Crippen LogP contribution is -1.77. The van der Waals surface area contributed by atoms with E-state index in [-0.39, 0.29) is 8.16 Å². The van der Waals surface area contributed by atoms with Crippen molar-refractivity contribution in [2.24, 2.45) is 0 Å². The molecule has 0 aromatic rings. The van der Waals surface area contributed by atoms with Gasteiger partial charge < -0.3 is 4.52 Å². The largest absolute Gasteiger partial charge is 0.345 e. The van der Waals surface area contributed by atoms with E-state index >= 15 is 0 Å². The summed E-state index contributed by atoms with van der Waals surface area (Å²) in [7, 11) is -0.0113. The molecule has 0 N–H and O–H groups in total. The maximum Gasteiger partial charge on any atom is 0.110 e. The SMILES string of the molecule is CC.N#CCCOPCl. The standard InChI is InChI=1S/C3H5ClNOP.C2H6/c4-7-6-3-1-2-5;1-2/h7H,1,3H2;1-2H3. The van der Waals surface area contributed by atoms with Crippen molar-refractivity contribution in [3.63, 3.8) is 0 Å². The first-order valence-electron chi connectivity index (χ1n) is 2.76. The van der Waals surface area contributed by atoms with Crippen LogP contribution in [0.2, 0.25) is 0 Å². The van der Waals surface area contributed by atoms with Gasteiger partial charge in [-0.1, -0.05) is 25.1 Å². The van der Waals surface area contributed by atoms with Gasteiger partial charge in [0, 0.05) is 0 Å². The molecule has 0 saturated heterocycles. The van der Waals surface area contributed by atoms with E-state index in [1.54, 1.807) is 0 Å². The first kappa shape index (κ1) is 11.9. The lowest BCUT2D eigenvalue weighted by molar-refractivity contribution is 0.380. The molecule has 0 aromatic carbocycles. The second-order valence-electron chi connectivity index (χ2n) is 0.834. The minimum absolute atomic E-state index is 0.0113. The summed E-state index contributed by atoms with van der Waals surface area (Å²) < 4.78 is 4.64. The Morgan fingerprint density at radius 3 is 2.56 bits per heavy atom. The Bertz CT molecular complexity index is 73.8. The van der Waals surface area contributed by atoms with Crippen LogP contribution < -0.4 is 0 Å². The van der Waals surface area contributed by atoms with Gasteiger partial charge in [-0.15, -0.1) is 0 Å². The smallest absolute Gasteiger partial charge is 0.110 e. The van der Waals surface area contributed by atoms with Crippen LogP contribution in [0.4, 0.5) is 0 Å². The molecular formula is C5H11ClNOP. The Morgan fingerprint density at radius 1 is 1.67 bits per heavy atom. The van der Waals surface area contributed by atoms with Crippen LogP contribution in [-0.4, -0.2) is 6.61 Å². The fraction of sp³-hybridized carbons (Fsp3) is 0.800. The van der Waals surface area contributed by atoms with Gasteiger partial charge in [0.25, 0.3) is 0 Å². The van der Waals surface area contributed by atoms with Crippen molar-refractivity contribution in [1.29, 1.82) is 5.26 Å². The van der Waals surface area contributed by atoms with Crippen LogP contribution in [0.3, 0.4) is 0 Å². The minimum Gasteiger partial charge on any atom is -0.345 e. The first-order valence-corrected chi connectivity index (χ1v) is 4.68. The number of rotatable bonds is 3. The van der Waals surface area contributed by atoms with Crippen LogP contribution in [0.25, 0.3) is 0 Å². The van der Waals surface area contributed by atoms with Gasteiger partial charge >= 0.3 is 0 Å². The molecule has 2 nitrogen and oxygen atoms in total. The molecule has 0 fully saturated rings. The molecule has 0 heterocycles. The molecule has 0 rings (SSSR count). The second kappa shape index (κ2) is 15.7. The lowest BCUT2D eigenvalue weighted by Gasteiger charge is -1.87. The number of hydrogen-bond acceptors (Lipinski definition) is 2. The minimum atomic E-state index is -0.0113. The molecule has 4 heteroatoms. The van der Waals surface area contributed by atoms with Crippen LogP contribution in [0.1, 0.15) is 20.3 Å². The highest BCUT2D eigenvalue weighted by molar-refractivity contribution is 7.64. The molecule has 9 heavy (non-hydrogen) atoms. The average molecular weight is 168 g/mol. The monoisotopic (exact) mass is 167 g/mol. The quantitative estimate of drug-likeness (QED) is 0.478. The molecule has 0 aliphatic heterocycles. The van der Waals surface area contributed by atoms with Crippen molar-refractivity contribution in [3.8, 4) is 6.07 Å². The molecule has 0 saturated carbocycles. The van der Waals surface area contributed by atoms with Crippen molar-refractivity contribution in [1.82, 2.24) is 0 Å². The summed E-state index contributed by atoms with van der Waals surface area (Å²) >= 11 is 5.13. The van der Waals surface area contributed by atoms with Gasteiger partial charge in [-0.2, -0.15) is 5.26 Å². The van der Waals surface area contributed by atoms with E-state index in [9.17, 15) is 0 Å². The van der Waals surface area contributed by atoms with Gasteiger partial charge in [-0.3, -0.25) is 0 Å². The molecule has 54 valence electrons. The molecule has 1 atom stereocenters. The molecular weight excluding hydrogens is 156 g/mol. The van der Waals surface area contributed by atoms with Crippen LogP contribution in [0.5, 0.6) is 0 Å². The van der Waals surface area contributed by atoms with E-state index in [0.717, 1.165) is 0 Å². The normalized spacial score (nSPS) is 8.22. The third-order valence-corrected chi connectivity index (χ3v) is 1.01. The average Bonchev–Trinajstić information content (AvgIpc) is 1.94. The van der Waals surface area contributed by atoms with Crippen LogP contribution in [-0.2, 0) is 4.52 Å². The Labute approximate surface area is 62.8 Å². The van der Waals surface area contributed by atoms with Gasteiger partial charge in [0.05, 0.1) is 19.1 Å². The maximum absolute atomic E-state index is 7.92. The molecule has 0 aliphatic carbocycles. The van der Waals surface area contributed by atoms with Crippen molar-refractivity contribution in [3.05, 3.63) is 0 Å². The van der Waals surface area contributed by atoms with E-state index in [1.165, 1.54) is 0 Å². The topological polar surface area (TPSA) is 33.0 Å². The number of nitriles is 1. The number of hydrogen-bond donors (Lipinski definition) is 0. The van der Waals surface area contributed by atoms with E-state index in [1.807, 2.05) is 19.9 Å². The second-order valence-corrected chi connectivity index (χ2v) is 1.74. The highest BCUT2D eigenvalue weighted by Gasteiger charge is 1.79. The lowest BCUT2D eigenvalue weighted by atomic mass is 10.5. The summed E-state index contributed by atoms with van der Waals surface area (Å²) in [6, 6.07) is 1.92. The van der Waals surface area contributed by atoms with Gasteiger partial charge in [0.15, 0.2) is 0 Å². The summed E-state index contributed by atoms with van der Waals surface area (Å²) in [5.41, 5.74) is 0. The fourth-order valence-electron chi connectivity index (χ4n) is 0.135. The first-order chi connectivity index (χ1) is 4.41. The Kier molecular flexibility index (Phi) is 20.8. The van der Waals surface area contributed by atoms with E-state index < -0.39 is 0 Å². The summed E-state index contributed by atoms with van der Waals surface area (Å²) in [5.74, 6) is 0. The Morgan fingerprint density at radius 2 is 2.22 bits per heavy atom. The van der Waals surface area contributed by atoms with Gasteiger partial charge in [-0.25, -0.2) is 0 Å². The van der Waals surface area contributed by atoms with Crippen LogP contribution >= 0.6 is 19.4 Å². The fourth-order valence-corrected chi connectivity index (χ4v) is 0.546. The van der Waals surface area contributed by atoms with E-state index in [2.05, 4.69) is 4.52 Å². The predicted molar refractivity (Wildman–Crippen MR) is 41.7 cm³/mol.